The summed E-state index contributed by atoms with van der Waals surface area (Å²) in [5.74, 6) is -0.162. The molecule has 3 N–H and O–H groups in total. The number of rotatable bonds is 4. The molecule has 2 aromatic rings. The van der Waals surface area contributed by atoms with Crippen LogP contribution in [-0.2, 0) is 5.54 Å². The van der Waals surface area contributed by atoms with Crippen LogP contribution < -0.4 is 15.8 Å². The Kier molecular flexibility index (Phi) is 5.25. The number of nitrogens with zero attached hydrogens (tertiary/aromatic N) is 3. The van der Waals surface area contributed by atoms with Gasteiger partial charge in [0.1, 0.15) is 28.5 Å². The molecule has 0 fully saturated rings. The summed E-state index contributed by atoms with van der Waals surface area (Å²) >= 11 is 0. The first-order valence-electron chi connectivity index (χ1n) is 9.09. The summed E-state index contributed by atoms with van der Waals surface area (Å²) in [4.78, 5) is 21.0. The standard InChI is InChI=1S/C21H22FN5O2/c1-20(12-23)8-9-21(2,27-19(20)24)15-10-13(4-6-16(15)22)26-18(28)17-7-5-14(29-3)11-25-17/h4-7,10-11H,8-9H2,1-3H3,(H2,24,27)(H,26,28)/t20-,21-/m0/s1. The predicted octanol–water partition coefficient (Wildman–Crippen LogP) is 3.38. The number of nitrogens with two attached hydrogens (primary N) is 1. The molecule has 0 aliphatic carbocycles. The summed E-state index contributed by atoms with van der Waals surface area (Å²) in [5.41, 5.74) is 5.15. The van der Waals surface area contributed by atoms with Crippen molar-refractivity contribution in [2.24, 2.45) is 16.1 Å². The number of aromatic nitrogens is 1. The number of nitrogens with one attached hydrogen (secondary N) is 1. The number of aliphatic imine (C=N–C) groups is 1. The lowest BCUT2D eigenvalue weighted by molar-refractivity contribution is 0.102. The number of hydrogen-bond acceptors (Lipinski definition) is 6. The van der Waals surface area contributed by atoms with Crippen LogP contribution in [0.1, 0.15) is 42.7 Å². The van der Waals surface area contributed by atoms with Crippen molar-refractivity contribution >= 4 is 17.4 Å². The lowest BCUT2D eigenvalue weighted by atomic mass is 9.75. The second-order valence-electron chi connectivity index (χ2n) is 7.45. The fourth-order valence-corrected chi connectivity index (χ4v) is 3.22. The molecule has 1 aliphatic rings. The molecule has 8 heteroatoms. The third-order valence-corrected chi connectivity index (χ3v) is 5.30. The smallest absolute Gasteiger partial charge is 0.274 e. The second kappa shape index (κ2) is 7.51. The van der Waals surface area contributed by atoms with E-state index in [1.807, 2.05) is 0 Å². The molecule has 1 aliphatic heterocycles. The number of pyridine rings is 1. The number of amidine groups is 1. The number of hydrogen-bond donors (Lipinski definition) is 2. The topological polar surface area (TPSA) is 113 Å². The summed E-state index contributed by atoms with van der Waals surface area (Å²) < 4.78 is 19.7. The van der Waals surface area contributed by atoms with Gasteiger partial charge in [0.2, 0.25) is 0 Å². The van der Waals surface area contributed by atoms with Crippen LogP contribution in [0.5, 0.6) is 5.75 Å². The zero-order chi connectivity index (χ0) is 21.2. The van der Waals surface area contributed by atoms with E-state index in [0.29, 0.717) is 29.8 Å². The van der Waals surface area contributed by atoms with E-state index < -0.39 is 22.7 Å². The Morgan fingerprint density at radius 1 is 1.31 bits per heavy atom. The van der Waals surface area contributed by atoms with Gasteiger partial charge < -0.3 is 15.8 Å². The maximum Gasteiger partial charge on any atom is 0.274 e. The largest absolute Gasteiger partial charge is 0.495 e. The van der Waals surface area contributed by atoms with Crippen LogP contribution in [0.3, 0.4) is 0 Å². The first-order chi connectivity index (χ1) is 13.7. The highest BCUT2D eigenvalue weighted by Gasteiger charge is 2.41. The average molecular weight is 395 g/mol. The van der Waals surface area contributed by atoms with Gasteiger partial charge in [-0.05, 0) is 57.0 Å². The van der Waals surface area contributed by atoms with Gasteiger partial charge in [0.05, 0.1) is 24.9 Å². The van der Waals surface area contributed by atoms with Crippen LogP contribution in [0.25, 0.3) is 0 Å². The van der Waals surface area contributed by atoms with Gasteiger partial charge in [0, 0.05) is 11.3 Å². The van der Waals surface area contributed by atoms with E-state index in [1.165, 1.54) is 31.5 Å². The minimum absolute atomic E-state index is 0.185. The minimum atomic E-state index is -0.927. The van der Waals surface area contributed by atoms with E-state index in [0.717, 1.165) is 0 Å². The van der Waals surface area contributed by atoms with Gasteiger partial charge in [-0.15, -0.1) is 0 Å². The van der Waals surface area contributed by atoms with Gasteiger partial charge in [-0.1, -0.05) is 0 Å². The van der Waals surface area contributed by atoms with Gasteiger partial charge >= 0.3 is 0 Å². The molecule has 2 atom stereocenters. The molecule has 1 aromatic heterocycles. The van der Waals surface area contributed by atoms with Gasteiger partial charge in [-0.25, -0.2) is 9.37 Å². The molecule has 2 heterocycles. The zero-order valence-corrected chi connectivity index (χ0v) is 16.5. The highest BCUT2D eigenvalue weighted by atomic mass is 19.1. The Labute approximate surface area is 168 Å². The molecule has 29 heavy (non-hydrogen) atoms. The fourth-order valence-electron chi connectivity index (χ4n) is 3.22. The fraction of sp³-hybridized carbons (Fsp3) is 0.333. The maximum atomic E-state index is 14.6. The van der Waals surface area contributed by atoms with E-state index in [-0.39, 0.29) is 11.5 Å². The maximum absolute atomic E-state index is 14.6. The number of amides is 1. The lowest BCUT2D eigenvalue weighted by Gasteiger charge is -2.36. The number of carbonyl (C=O) groups excluding carboxylic acids is 1. The first kappa shape index (κ1) is 20.3. The summed E-state index contributed by atoms with van der Waals surface area (Å²) in [6, 6.07) is 9.64. The first-order valence-corrected chi connectivity index (χ1v) is 9.09. The van der Waals surface area contributed by atoms with Crippen molar-refractivity contribution in [1.29, 1.82) is 5.26 Å². The van der Waals surface area contributed by atoms with Crippen molar-refractivity contribution in [2.75, 3.05) is 12.4 Å². The predicted molar refractivity (Wildman–Crippen MR) is 107 cm³/mol. The highest BCUT2D eigenvalue weighted by molar-refractivity contribution is 6.02. The molecule has 1 aromatic carbocycles. The van der Waals surface area contributed by atoms with E-state index in [4.69, 9.17) is 10.5 Å². The van der Waals surface area contributed by atoms with Crippen LogP contribution in [0.15, 0.2) is 41.5 Å². The van der Waals surface area contributed by atoms with Crippen LogP contribution in [0, 0.1) is 22.6 Å². The van der Waals surface area contributed by atoms with Crippen LogP contribution in [0.4, 0.5) is 10.1 Å². The summed E-state index contributed by atoms with van der Waals surface area (Å²) in [5, 5.41) is 12.1. The van der Waals surface area contributed by atoms with Crippen LogP contribution in [-0.4, -0.2) is 23.8 Å². The van der Waals surface area contributed by atoms with Gasteiger partial charge in [0.15, 0.2) is 0 Å². The Bertz CT molecular complexity index is 1010. The van der Waals surface area contributed by atoms with Gasteiger partial charge in [0.25, 0.3) is 5.91 Å². The van der Waals surface area contributed by atoms with E-state index in [1.54, 1.807) is 26.0 Å². The van der Waals surface area contributed by atoms with Gasteiger partial charge in [-0.3, -0.25) is 9.79 Å². The summed E-state index contributed by atoms with van der Waals surface area (Å²) in [6.07, 6.45) is 2.35. The zero-order valence-electron chi connectivity index (χ0n) is 16.5. The quantitative estimate of drug-likeness (QED) is 0.824. The number of halogens is 1. The number of anilines is 1. The monoisotopic (exact) mass is 395 g/mol. The van der Waals surface area contributed by atoms with Crippen molar-refractivity contribution in [3.63, 3.8) is 0 Å². The molecule has 3 rings (SSSR count). The highest BCUT2D eigenvalue weighted by Crippen LogP contribution is 2.42. The van der Waals surface area contributed by atoms with Crippen LogP contribution >= 0.6 is 0 Å². The molecule has 0 bridgehead atoms. The SMILES string of the molecule is COc1ccc(C(=O)Nc2ccc(F)c([C@]3(C)CC[C@@](C)(C#N)C(N)=N3)c2)nc1. The molecular formula is C21H22FN5O2. The number of ether oxygens (including phenoxy) is 1. The van der Waals surface area contributed by atoms with E-state index in [2.05, 4.69) is 21.4 Å². The number of methoxy groups -OCH3 is 1. The summed E-state index contributed by atoms with van der Waals surface area (Å²) in [6.45, 7) is 3.49. The minimum Gasteiger partial charge on any atom is -0.495 e. The Morgan fingerprint density at radius 3 is 2.66 bits per heavy atom. The molecule has 150 valence electrons. The van der Waals surface area contributed by atoms with Gasteiger partial charge in [-0.2, -0.15) is 5.26 Å². The lowest BCUT2D eigenvalue weighted by Crippen LogP contribution is -2.42. The molecule has 0 spiro atoms. The van der Waals surface area contributed by atoms with Crippen molar-refractivity contribution in [1.82, 2.24) is 4.98 Å². The molecule has 0 unspecified atom stereocenters. The molecule has 0 saturated carbocycles. The van der Waals surface area contributed by atoms with Crippen molar-refractivity contribution in [3.8, 4) is 11.8 Å². The molecule has 0 saturated heterocycles. The number of carbonyl (C=O) groups is 1. The third kappa shape index (κ3) is 3.90. The van der Waals surface area contributed by atoms with E-state index in [9.17, 15) is 14.4 Å². The van der Waals surface area contributed by atoms with Crippen LogP contribution in [0.2, 0.25) is 0 Å². The second-order valence-corrected chi connectivity index (χ2v) is 7.45. The molecular weight excluding hydrogens is 373 g/mol. The van der Waals surface area contributed by atoms with Crippen molar-refractivity contribution < 1.29 is 13.9 Å². The normalized spacial score (nSPS) is 23.6. The molecule has 1 amide bonds. The molecule has 0 radical (unpaired) electrons. The van der Waals surface area contributed by atoms with Crippen molar-refractivity contribution in [2.45, 2.75) is 32.2 Å². The van der Waals surface area contributed by atoms with E-state index >= 15 is 0 Å². The Balaban J connectivity index is 1.88. The Hall–Kier alpha value is -3.47. The number of benzene rings is 1. The summed E-state index contributed by atoms with van der Waals surface area (Å²) in [7, 11) is 1.51. The Morgan fingerprint density at radius 2 is 2.07 bits per heavy atom. The van der Waals surface area contributed by atoms with Crippen molar-refractivity contribution in [3.05, 3.63) is 53.6 Å². The third-order valence-electron chi connectivity index (χ3n) is 5.30. The number of nitriles is 1. The molecule has 7 nitrogen and oxygen atoms in total. The average Bonchev–Trinajstić information content (AvgIpc) is 2.72.